The second-order valence-electron chi connectivity index (χ2n) is 7.62. The number of hydrogen-bond acceptors (Lipinski definition) is 3. The SMILES string of the molecule is CC1=NN(c2ccc(Br)cc2)C(=O)/C1=C\c1c(C)nn(-c2ccc(C)cc2C)c1C. The number of anilines is 1. The topological polar surface area (TPSA) is 50.5 Å². The van der Waals surface area contributed by atoms with Crippen LogP contribution in [0, 0.1) is 27.7 Å². The van der Waals surface area contributed by atoms with Gasteiger partial charge in [0.15, 0.2) is 0 Å². The Labute approximate surface area is 184 Å². The van der Waals surface area contributed by atoms with Gasteiger partial charge in [0.25, 0.3) is 5.91 Å². The molecule has 0 bridgehead atoms. The first-order valence-corrected chi connectivity index (χ1v) is 10.6. The number of aryl methyl sites for hydroxylation is 3. The molecule has 0 saturated carbocycles. The summed E-state index contributed by atoms with van der Waals surface area (Å²) in [6, 6.07) is 13.9. The summed E-state index contributed by atoms with van der Waals surface area (Å²) in [5.74, 6) is -0.132. The van der Waals surface area contributed by atoms with Gasteiger partial charge in [0.05, 0.1) is 28.4 Å². The van der Waals surface area contributed by atoms with Gasteiger partial charge in [-0.1, -0.05) is 33.6 Å². The molecule has 1 amide bonds. The van der Waals surface area contributed by atoms with Crippen molar-refractivity contribution < 1.29 is 4.79 Å². The van der Waals surface area contributed by atoms with Crippen molar-refractivity contribution in [3.05, 3.63) is 80.6 Å². The number of rotatable bonds is 3. The molecule has 30 heavy (non-hydrogen) atoms. The molecule has 0 N–H and O–H groups in total. The molecule has 2 heterocycles. The third-order valence-corrected chi connectivity index (χ3v) is 5.88. The average molecular weight is 463 g/mol. The van der Waals surface area contributed by atoms with Gasteiger partial charge in [-0.15, -0.1) is 0 Å². The predicted octanol–water partition coefficient (Wildman–Crippen LogP) is 5.67. The summed E-state index contributed by atoms with van der Waals surface area (Å²) < 4.78 is 2.91. The number of aromatic nitrogens is 2. The largest absolute Gasteiger partial charge is 0.280 e. The van der Waals surface area contributed by atoms with Crippen molar-refractivity contribution in [2.24, 2.45) is 5.10 Å². The van der Waals surface area contributed by atoms with E-state index in [1.54, 1.807) is 0 Å². The quantitative estimate of drug-likeness (QED) is 0.470. The van der Waals surface area contributed by atoms with Gasteiger partial charge in [0.1, 0.15) is 0 Å². The zero-order chi connectivity index (χ0) is 21.6. The summed E-state index contributed by atoms with van der Waals surface area (Å²) >= 11 is 3.42. The lowest BCUT2D eigenvalue weighted by atomic mass is 10.1. The van der Waals surface area contributed by atoms with Crippen LogP contribution in [0.2, 0.25) is 0 Å². The molecule has 1 aliphatic heterocycles. The molecule has 0 saturated heterocycles. The number of carbonyl (C=O) groups excluding carboxylic acids is 1. The van der Waals surface area contributed by atoms with Crippen LogP contribution in [0.1, 0.15) is 35.0 Å². The molecule has 0 spiro atoms. The Morgan fingerprint density at radius 2 is 1.67 bits per heavy atom. The van der Waals surface area contributed by atoms with Crippen LogP contribution in [0.4, 0.5) is 5.69 Å². The molecule has 0 fully saturated rings. The minimum absolute atomic E-state index is 0.132. The highest BCUT2D eigenvalue weighted by Gasteiger charge is 2.29. The number of halogens is 1. The van der Waals surface area contributed by atoms with E-state index in [4.69, 9.17) is 5.10 Å². The Morgan fingerprint density at radius 1 is 0.967 bits per heavy atom. The Balaban J connectivity index is 1.73. The van der Waals surface area contributed by atoms with Crippen LogP contribution in [-0.4, -0.2) is 21.4 Å². The van der Waals surface area contributed by atoms with Gasteiger partial charge >= 0.3 is 0 Å². The summed E-state index contributed by atoms with van der Waals surface area (Å²) in [4.78, 5) is 13.1. The fourth-order valence-corrected chi connectivity index (χ4v) is 3.99. The molecule has 4 rings (SSSR count). The maximum atomic E-state index is 13.1. The van der Waals surface area contributed by atoms with Crippen LogP contribution >= 0.6 is 15.9 Å². The van der Waals surface area contributed by atoms with Gasteiger partial charge in [-0.2, -0.15) is 15.2 Å². The van der Waals surface area contributed by atoms with Crippen molar-refractivity contribution in [2.75, 3.05) is 5.01 Å². The second-order valence-corrected chi connectivity index (χ2v) is 8.54. The number of hydrogen-bond donors (Lipinski definition) is 0. The van der Waals surface area contributed by atoms with Crippen LogP contribution in [-0.2, 0) is 4.79 Å². The first-order chi connectivity index (χ1) is 14.3. The summed E-state index contributed by atoms with van der Waals surface area (Å²) in [7, 11) is 0. The summed E-state index contributed by atoms with van der Waals surface area (Å²) in [5, 5.41) is 10.7. The first-order valence-electron chi connectivity index (χ1n) is 9.77. The number of nitrogens with zero attached hydrogens (tertiary/aromatic N) is 4. The molecule has 0 unspecified atom stereocenters. The van der Waals surface area contributed by atoms with Crippen LogP contribution in [0.5, 0.6) is 0 Å². The lowest BCUT2D eigenvalue weighted by Crippen LogP contribution is -2.21. The van der Waals surface area contributed by atoms with Crippen molar-refractivity contribution in [3.8, 4) is 5.69 Å². The molecule has 0 aliphatic carbocycles. The lowest BCUT2D eigenvalue weighted by molar-refractivity contribution is -0.114. The minimum Gasteiger partial charge on any atom is -0.267 e. The van der Waals surface area contributed by atoms with E-state index in [0.29, 0.717) is 11.3 Å². The summed E-state index contributed by atoms with van der Waals surface area (Å²) in [6.45, 7) is 10.0. The van der Waals surface area contributed by atoms with Crippen molar-refractivity contribution in [3.63, 3.8) is 0 Å². The van der Waals surface area contributed by atoms with Gasteiger partial charge in [-0.05, 0) is 76.6 Å². The third-order valence-electron chi connectivity index (χ3n) is 5.35. The monoisotopic (exact) mass is 462 g/mol. The van der Waals surface area contributed by atoms with E-state index in [1.165, 1.54) is 10.6 Å². The van der Waals surface area contributed by atoms with E-state index in [1.807, 2.05) is 55.8 Å². The molecule has 0 atom stereocenters. The molecule has 2 aromatic carbocycles. The summed E-state index contributed by atoms with van der Waals surface area (Å²) in [5.41, 5.74) is 8.27. The predicted molar refractivity (Wildman–Crippen MR) is 125 cm³/mol. The highest BCUT2D eigenvalue weighted by Crippen LogP contribution is 2.28. The van der Waals surface area contributed by atoms with E-state index in [2.05, 4.69) is 53.1 Å². The zero-order valence-corrected chi connectivity index (χ0v) is 19.3. The van der Waals surface area contributed by atoms with Crippen molar-refractivity contribution in [1.82, 2.24) is 9.78 Å². The number of benzene rings is 2. The second kappa shape index (κ2) is 7.69. The molecule has 152 valence electrons. The van der Waals surface area contributed by atoms with E-state index >= 15 is 0 Å². The lowest BCUT2D eigenvalue weighted by Gasteiger charge is -2.11. The van der Waals surface area contributed by atoms with Crippen LogP contribution in [0.25, 0.3) is 11.8 Å². The van der Waals surface area contributed by atoms with Gasteiger partial charge in [-0.3, -0.25) is 4.79 Å². The van der Waals surface area contributed by atoms with E-state index in [9.17, 15) is 4.79 Å². The molecule has 5 nitrogen and oxygen atoms in total. The van der Waals surface area contributed by atoms with Crippen LogP contribution in [0.3, 0.4) is 0 Å². The normalized spacial score (nSPS) is 15.3. The highest BCUT2D eigenvalue weighted by molar-refractivity contribution is 9.10. The fraction of sp³-hybridized carbons (Fsp3) is 0.208. The maximum Gasteiger partial charge on any atom is 0.280 e. The molecular weight excluding hydrogens is 440 g/mol. The Morgan fingerprint density at radius 3 is 2.33 bits per heavy atom. The number of carbonyl (C=O) groups is 1. The fourth-order valence-electron chi connectivity index (χ4n) is 3.73. The minimum atomic E-state index is -0.132. The Kier molecular flexibility index (Phi) is 5.20. The number of amides is 1. The first kappa shape index (κ1) is 20.3. The van der Waals surface area contributed by atoms with Gasteiger partial charge in [0.2, 0.25) is 0 Å². The van der Waals surface area contributed by atoms with Gasteiger partial charge in [-0.25, -0.2) is 4.68 Å². The maximum absolute atomic E-state index is 13.1. The molecule has 6 heteroatoms. The molecule has 1 aromatic heterocycles. The Bertz CT molecular complexity index is 1220. The van der Waals surface area contributed by atoms with E-state index < -0.39 is 0 Å². The van der Waals surface area contributed by atoms with Gasteiger partial charge < -0.3 is 0 Å². The van der Waals surface area contributed by atoms with Crippen molar-refractivity contribution in [2.45, 2.75) is 34.6 Å². The van der Waals surface area contributed by atoms with Crippen LogP contribution in [0.15, 0.2) is 57.6 Å². The zero-order valence-electron chi connectivity index (χ0n) is 17.7. The third kappa shape index (κ3) is 3.52. The smallest absolute Gasteiger partial charge is 0.267 e. The average Bonchev–Trinajstić information content (AvgIpc) is 3.13. The number of hydrazone groups is 1. The molecule has 3 aromatic rings. The van der Waals surface area contributed by atoms with Crippen LogP contribution < -0.4 is 5.01 Å². The molecular formula is C24H23BrN4O. The molecule has 0 radical (unpaired) electrons. The van der Waals surface area contributed by atoms with Crippen molar-refractivity contribution in [1.29, 1.82) is 0 Å². The van der Waals surface area contributed by atoms with E-state index in [-0.39, 0.29) is 5.91 Å². The highest BCUT2D eigenvalue weighted by atomic mass is 79.9. The Hall–Kier alpha value is -2.99. The summed E-state index contributed by atoms with van der Waals surface area (Å²) in [6.07, 6.45) is 1.91. The standard InChI is InChI=1S/C24H23BrN4O/c1-14-6-11-23(15(2)12-14)28-18(5)21(16(3)26-28)13-22-17(4)27-29(24(22)30)20-9-7-19(25)8-10-20/h6-13H,1-5H3/b22-13-. The van der Waals surface area contributed by atoms with Gasteiger partial charge in [0, 0.05) is 15.7 Å². The van der Waals surface area contributed by atoms with E-state index in [0.717, 1.165) is 38.4 Å². The molecule has 1 aliphatic rings. The van der Waals surface area contributed by atoms with Crippen molar-refractivity contribution >= 4 is 39.3 Å².